The van der Waals surface area contributed by atoms with Gasteiger partial charge in [-0.2, -0.15) is 5.10 Å². The normalized spacial score (nSPS) is 13.0. The lowest BCUT2D eigenvalue weighted by atomic mass is 10.0. The molecule has 0 aliphatic heterocycles. The van der Waals surface area contributed by atoms with E-state index in [0.29, 0.717) is 5.92 Å². The summed E-state index contributed by atoms with van der Waals surface area (Å²) in [4.78, 5) is 2.37. The Morgan fingerprint density at radius 1 is 1.17 bits per heavy atom. The van der Waals surface area contributed by atoms with E-state index in [0.717, 1.165) is 25.2 Å². The van der Waals surface area contributed by atoms with Crippen molar-refractivity contribution >= 4 is 0 Å². The maximum absolute atomic E-state index is 9.89. The van der Waals surface area contributed by atoms with Crippen molar-refractivity contribution in [2.24, 2.45) is 13.0 Å². The number of aliphatic hydroxyl groups is 1. The van der Waals surface area contributed by atoms with Gasteiger partial charge in [0.05, 0.1) is 12.3 Å². The fourth-order valence-corrected chi connectivity index (χ4v) is 3.09. The van der Waals surface area contributed by atoms with Crippen molar-refractivity contribution in [2.45, 2.75) is 46.3 Å². The zero-order valence-electron chi connectivity index (χ0n) is 14.7. The average molecular weight is 315 g/mol. The van der Waals surface area contributed by atoms with Crippen LogP contribution in [-0.2, 0) is 26.6 Å². The number of aliphatic hydroxyl groups excluding tert-OH is 1. The van der Waals surface area contributed by atoms with Gasteiger partial charge in [-0.25, -0.2) is 0 Å². The predicted molar refractivity (Wildman–Crippen MR) is 94.0 cm³/mol. The van der Waals surface area contributed by atoms with E-state index in [1.54, 1.807) is 0 Å². The molecule has 1 unspecified atom stereocenters. The highest BCUT2D eigenvalue weighted by Crippen LogP contribution is 2.20. The van der Waals surface area contributed by atoms with Gasteiger partial charge < -0.3 is 5.11 Å². The summed E-state index contributed by atoms with van der Waals surface area (Å²) in [7, 11) is 1.97. The van der Waals surface area contributed by atoms with Gasteiger partial charge in [0.2, 0.25) is 0 Å². The lowest BCUT2D eigenvalue weighted by Gasteiger charge is -2.33. The third-order valence-electron chi connectivity index (χ3n) is 4.35. The minimum Gasteiger partial charge on any atom is -0.395 e. The Hall–Kier alpha value is -1.65. The van der Waals surface area contributed by atoms with Crippen LogP contribution in [0.2, 0.25) is 0 Å². The summed E-state index contributed by atoms with van der Waals surface area (Å²) in [5.41, 5.74) is 3.67. The van der Waals surface area contributed by atoms with Gasteiger partial charge in [0.25, 0.3) is 0 Å². The molecule has 2 aromatic rings. The molecule has 0 fully saturated rings. The summed E-state index contributed by atoms with van der Waals surface area (Å²) in [5.74, 6) is 0.394. The van der Waals surface area contributed by atoms with Crippen molar-refractivity contribution in [1.29, 1.82) is 0 Å². The largest absolute Gasteiger partial charge is 0.395 e. The summed E-state index contributed by atoms with van der Waals surface area (Å²) in [5, 5.41) is 14.4. The minimum atomic E-state index is 0.139. The lowest BCUT2D eigenvalue weighted by molar-refractivity contribution is 0.0782. The van der Waals surface area contributed by atoms with E-state index >= 15 is 0 Å². The average Bonchev–Trinajstić information content (AvgIpc) is 2.88. The molecule has 4 nitrogen and oxygen atoms in total. The van der Waals surface area contributed by atoms with Crippen LogP contribution in [-0.4, -0.2) is 32.4 Å². The molecular formula is C19H29N3O. The van der Waals surface area contributed by atoms with Crippen LogP contribution in [0.1, 0.15) is 37.6 Å². The Kier molecular flexibility index (Phi) is 6.37. The number of hydrogen-bond donors (Lipinski definition) is 1. The fraction of sp³-hybridized carbons (Fsp3) is 0.526. The molecular weight excluding hydrogens is 286 g/mol. The molecule has 1 heterocycles. The molecule has 126 valence electrons. The molecule has 2 rings (SSSR count). The molecule has 0 bridgehead atoms. The summed E-state index contributed by atoms with van der Waals surface area (Å²) in [6.45, 7) is 8.30. The second-order valence-corrected chi connectivity index (χ2v) is 6.51. The fourth-order valence-electron chi connectivity index (χ4n) is 3.09. The molecule has 1 aromatic heterocycles. The second-order valence-electron chi connectivity index (χ2n) is 6.51. The third kappa shape index (κ3) is 4.66. The van der Waals surface area contributed by atoms with Crippen LogP contribution in [0.4, 0.5) is 0 Å². The lowest BCUT2D eigenvalue weighted by Crippen LogP contribution is -2.40. The molecule has 0 radical (unpaired) electrons. The highest BCUT2D eigenvalue weighted by molar-refractivity contribution is 5.19. The van der Waals surface area contributed by atoms with Gasteiger partial charge in [0.15, 0.2) is 0 Å². The monoisotopic (exact) mass is 315 g/mol. The molecule has 1 atom stereocenters. The molecule has 0 amide bonds. The van der Waals surface area contributed by atoms with Gasteiger partial charge in [-0.15, -0.1) is 0 Å². The Morgan fingerprint density at radius 3 is 2.43 bits per heavy atom. The highest BCUT2D eigenvalue weighted by atomic mass is 16.3. The topological polar surface area (TPSA) is 41.3 Å². The van der Waals surface area contributed by atoms with Crippen molar-refractivity contribution in [1.82, 2.24) is 14.7 Å². The van der Waals surface area contributed by atoms with Crippen LogP contribution in [0.25, 0.3) is 0 Å². The number of rotatable bonds is 8. The number of nitrogens with zero attached hydrogens (tertiary/aromatic N) is 3. The van der Waals surface area contributed by atoms with Crippen molar-refractivity contribution < 1.29 is 5.11 Å². The highest BCUT2D eigenvalue weighted by Gasteiger charge is 2.23. The van der Waals surface area contributed by atoms with Crippen LogP contribution in [0, 0.1) is 5.92 Å². The van der Waals surface area contributed by atoms with E-state index in [1.807, 2.05) is 17.8 Å². The van der Waals surface area contributed by atoms with Crippen LogP contribution in [0.15, 0.2) is 36.5 Å². The van der Waals surface area contributed by atoms with Crippen molar-refractivity contribution in [2.75, 3.05) is 6.61 Å². The number of aromatic nitrogens is 2. The van der Waals surface area contributed by atoms with Gasteiger partial charge in [0, 0.05) is 37.9 Å². The first-order valence-electron chi connectivity index (χ1n) is 8.45. The summed E-state index contributed by atoms with van der Waals surface area (Å²) >= 11 is 0. The molecule has 0 aliphatic rings. The molecule has 4 heteroatoms. The smallest absolute Gasteiger partial charge is 0.0666 e. The van der Waals surface area contributed by atoms with E-state index in [-0.39, 0.29) is 12.6 Å². The molecule has 0 saturated heterocycles. The SMILES string of the molecule is CCc1nn(C)cc1CN(Cc1ccccc1)C(CO)C(C)C. The number of hydrogen-bond acceptors (Lipinski definition) is 3. The van der Waals surface area contributed by atoms with Crippen molar-refractivity contribution in [3.05, 3.63) is 53.3 Å². The zero-order chi connectivity index (χ0) is 16.8. The quantitative estimate of drug-likeness (QED) is 0.814. The Morgan fingerprint density at radius 2 is 1.87 bits per heavy atom. The molecule has 0 saturated carbocycles. The first-order valence-corrected chi connectivity index (χ1v) is 8.45. The number of benzene rings is 1. The van der Waals surface area contributed by atoms with Gasteiger partial charge >= 0.3 is 0 Å². The molecule has 0 aliphatic carbocycles. The zero-order valence-corrected chi connectivity index (χ0v) is 14.7. The van der Waals surface area contributed by atoms with Crippen LogP contribution >= 0.6 is 0 Å². The maximum atomic E-state index is 9.89. The summed E-state index contributed by atoms with van der Waals surface area (Å²) in [6.07, 6.45) is 3.03. The Labute approximate surface area is 139 Å². The van der Waals surface area contributed by atoms with Gasteiger partial charge in [-0.3, -0.25) is 9.58 Å². The van der Waals surface area contributed by atoms with Crippen LogP contribution < -0.4 is 0 Å². The van der Waals surface area contributed by atoms with E-state index in [2.05, 4.69) is 61.2 Å². The summed E-state index contributed by atoms with van der Waals surface area (Å²) in [6, 6.07) is 10.6. The van der Waals surface area contributed by atoms with Crippen molar-refractivity contribution in [3.63, 3.8) is 0 Å². The van der Waals surface area contributed by atoms with Crippen LogP contribution in [0.5, 0.6) is 0 Å². The van der Waals surface area contributed by atoms with E-state index < -0.39 is 0 Å². The summed E-state index contributed by atoms with van der Waals surface area (Å²) < 4.78 is 1.89. The minimum absolute atomic E-state index is 0.139. The van der Waals surface area contributed by atoms with Crippen LogP contribution in [0.3, 0.4) is 0 Å². The molecule has 1 aromatic carbocycles. The van der Waals surface area contributed by atoms with Gasteiger partial charge in [-0.05, 0) is 17.9 Å². The maximum Gasteiger partial charge on any atom is 0.0666 e. The van der Waals surface area contributed by atoms with E-state index in [9.17, 15) is 5.11 Å². The first-order chi connectivity index (χ1) is 11.0. The second kappa shape index (κ2) is 8.27. The van der Waals surface area contributed by atoms with Gasteiger partial charge in [-0.1, -0.05) is 51.1 Å². The van der Waals surface area contributed by atoms with E-state index in [1.165, 1.54) is 11.1 Å². The number of aryl methyl sites for hydroxylation is 2. The predicted octanol–water partition coefficient (Wildman–Crippen LogP) is 3.00. The molecule has 1 N–H and O–H groups in total. The van der Waals surface area contributed by atoms with Crippen molar-refractivity contribution in [3.8, 4) is 0 Å². The Balaban J connectivity index is 2.25. The molecule has 23 heavy (non-hydrogen) atoms. The van der Waals surface area contributed by atoms with Gasteiger partial charge in [0.1, 0.15) is 0 Å². The van der Waals surface area contributed by atoms with E-state index in [4.69, 9.17) is 0 Å². The molecule has 0 spiro atoms. The third-order valence-corrected chi connectivity index (χ3v) is 4.35. The standard InChI is InChI=1S/C19H29N3O/c1-5-18-17(12-21(4)20-18)13-22(19(14-23)15(2)3)11-16-9-7-6-8-10-16/h6-10,12,15,19,23H,5,11,13-14H2,1-4H3. The Bertz CT molecular complexity index is 592. The first kappa shape index (κ1) is 17.7.